The van der Waals surface area contributed by atoms with E-state index in [0.29, 0.717) is 18.0 Å². The van der Waals surface area contributed by atoms with E-state index in [-0.39, 0.29) is 0 Å². The predicted octanol–water partition coefficient (Wildman–Crippen LogP) is 11.8. The maximum absolute atomic E-state index is 2.75. The fourth-order valence-corrected chi connectivity index (χ4v) is 9.84. The molecule has 7 aromatic rings. The van der Waals surface area contributed by atoms with Crippen LogP contribution in [-0.4, -0.2) is 21.6 Å². The number of benzene rings is 5. The van der Waals surface area contributed by atoms with Gasteiger partial charge < -0.3 is 4.57 Å². The van der Waals surface area contributed by atoms with Gasteiger partial charge >= 0.3 is 0 Å². The molecule has 0 radical (unpaired) electrons. The molecule has 1 aliphatic heterocycles. The molecule has 2 nitrogen and oxygen atoms in total. The summed E-state index contributed by atoms with van der Waals surface area (Å²) >= 11 is 1.92. The van der Waals surface area contributed by atoms with Gasteiger partial charge in [-0.2, -0.15) is 0 Å². The highest BCUT2D eigenvalue weighted by Crippen LogP contribution is 2.46. The molecule has 1 saturated heterocycles. The van der Waals surface area contributed by atoms with Crippen LogP contribution in [0.1, 0.15) is 25.3 Å². The second kappa shape index (κ2) is 11.1. The van der Waals surface area contributed by atoms with E-state index in [1.807, 2.05) is 11.3 Å². The van der Waals surface area contributed by atoms with E-state index in [9.17, 15) is 0 Å². The van der Waals surface area contributed by atoms with E-state index in [1.54, 1.807) is 11.1 Å². The van der Waals surface area contributed by atoms with Gasteiger partial charge in [0.2, 0.25) is 0 Å². The van der Waals surface area contributed by atoms with Crippen LogP contribution in [0.15, 0.2) is 157 Å². The number of aromatic nitrogens is 1. The summed E-state index contributed by atoms with van der Waals surface area (Å²) in [5.74, 6) is 0.573. The summed E-state index contributed by atoms with van der Waals surface area (Å²) in [6, 6.07) is 41.6. The normalized spacial score (nSPS) is 20.7. The Labute approximate surface area is 285 Å². The van der Waals surface area contributed by atoms with Gasteiger partial charge in [-0.25, -0.2) is 0 Å². The molecule has 0 bridgehead atoms. The van der Waals surface area contributed by atoms with Gasteiger partial charge in [-0.1, -0.05) is 122 Å². The molecule has 5 aromatic carbocycles. The molecule has 0 spiro atoms. The predicted molar refractivity (Wildman–Crippen MR) is 205 cm³/mol. The first-order valence-corrected chi connectivity index (χ1v) is 18.1. The van der Waals surface area contributed by atoms with Crippen molar-refractivity contribution in [2.45, 2.75) is 38.4 Å². The minimum absolute atomic E-state index is 0.395. The topological polar surface area (TPSA) is 8.17 Å². The smallest absolute Gasteiger partial charge is 0.0719 e. The van der Waals surface area contributed by atoms with E-state index in [4.69, 9.17) is 0 Å². The lowest BCUT2D eigenvalue weighted by molar-refractivity contribution is 0.0941. The van der Waals surface area contributed by atoms with Crippen molar-refractivity contribution in [3.63, 3.8) is 0 Å². The zero-order valence-corrected chi connectivity index (χ0v) is 27.8. The first-order chi connectivity index (χ1) is 23.7. The third-order valence-corrected chi connectivity index (χ3v) is 12.1. The van der Waals surface area contributed by atoms with E-state index in [0.717, 1.165) is 19.4 Å². The van der Waals surface area contributed by atoms with Gasteiger partial charge in [0.15, 0.2) is 0 Å². The molecule has 10 rings (SSSR count). The zero-order chi connectivity index (χ0) is 31.8. The minimum Gasteiger partial charge on any atom is -0.308 e. The van der Waals surface area contributed by atoms with Gasteiger partial charge in [-0.3, -0.25) is 4.90 Å². The number of rotatable bonds is 5. The molecule has 48 heavy (non-hydrogen) atoms. The second-order valence-electron chi connectivity index (χ2n) is 13.7. The van der Waals surface area contributed by atoms with Crippen molar-refractivity contribution in [1.82, 2.24) is 9.47 Å². The summed E-state index contributed by atoms with van der Waals surface area (Å²) in [6.45, 7) is 3.33. The van der Waals surface area contributed by atoms with Gasteiger partial charge in [0.25, 0.3) is 0 Å². The van der Waals surface area contributed by atoms with Crippen molar-refractivity contribution < 1.29 is 0 Å². The Morgan fingerprint density at radius 1 is 0.667 bits per heavy atom. The van der Waals surface area contributed by atoms with Crippen LogP contribution < -0.4 is 0 Å². The monoisotopic (exact) mass is 636 g/mol. The average molecular weight is 637 g/mol. The number of thiophene rings is 1. The summed E-state index contributed by atoms with van der Waals surface area (Å²) in [6.07, 6.45) is 16.2. The molecule has 0 saturated carbocycles. The van der Waals surface area contributed by atoms with E-state index < -0.39 is 0 Å². The standard InChI is InChI=1S/C45H36N2S/c1-29-12-5-6-17-34(29)43-38-19-7-9-20-40(38)46(43)28-30-13-11-16-33(26-30)47-41-25-22-32(31-14-3-2-4-15-31)27-39(41)36-23-24-37-35-18-8-10-21-42(35)48-45(37)44(36)47/h2-11,13-19,21-27,29,40,43H,12,20,28H2,1H3. The largest absolute Gasteiger partial charge is 0.308 e. The molecule has 1 fully saturated rings. The maximum Gasteiger partial charge on any atom is 0.0719 e. The quantitative estimate of drug-likeness (QED) is 0.182. The molecule has 0 amide bonds. The van der Waals surface area contributed by atoms with E-state index in [2.05, 4.69) is 162 Å². The van der Waals surface area contributed by atoms with Crippen LogP contribution in [0, 0.1) is 5.92 Å². The fraction of sp³-hybridized carbons (Fsp3) is 0.156. The summed E-state index contributed by atoms with van der Waals surface area (Å²) < 4.78 is 5.24. The Morgan fingerprint density at radius 2 is 1.48 bits per heavy atom. The summed E-state index contributed by atoms with van der Waals surface area (Å²) in [5, 5.41) is 5.29. The third-order valence-electron chi connectivity index (χ3n) is 10.9. The van der Waals surface area contributed by atoms with E-state index in [1.165, 1.54) is 64.4 Å². The number of nitrogens with zero attached hydrogens (tertiary/aromatic N) is 2. The first-order valence-electron chi connectivity index (χ1n) is 17.2. The first kappa shape index (κ1) is 28.1. The highest BCUT2D eigenvalue weighted by Gasteiger charge is 2.45. The summed E-state index contributed by atoms with van der Waals surface area (Å²) in [4.78, 5) is 2.75. The molecule has 3 atom stereocenters. The molecule has 3 heterocycles. The van der Waals surface area contributed by atoms with Crippen molar-refractivity contribution in [1.29, 1.82) is 0 Å². The second-order valence-corrected chi connectivity index (χ2v) is 14.7. The summed E-state index contributed by atoms with van der Waals surface area (Å²) in [5.41, 5.74) is 10.8. The average Bonchev–Trinajstić information content (AvgIpc) is 3.68. The van der Waals surface area contributed by atoms with Crippen LogP contribution in [0.25, 0.3) is 58.8 Å². The zero-order valence-electron chi connectivity index (χ0n) is 27.0. The Balaban J connectivity index is 1.14. The Bertz CT molecular complexity index is 2520. The lowest BCUT2D eigenvalue weighted by Gasteiger charge is -2.54. The number of hydrogen-bond donors (Lipinski definition) is 0. The highest BCUT2D eigenvalue weighted by molar-refractivity contribution is 7.26. The van der Waals surface area contributed by atoms with Gasteiger partial charge in [-0.05, 0) is 76.9 Å². The van der Waals surface area contributed by atoms with Crippen molar-refractivity contribution in [2.75, 3.05) is 0 Å². The van der Waals surface area contributed by atoms with Crippen molar-refractivity contribution in [2.24, 2.45) is 5.92 Å². The van der Waals surface area contributed by atoms with Crippen LogP contribution in [-0.2, 0) is 6.54 Å². The molecule has 0 N–H and O–H groups in total. The fourth-order valence-electron chi connectivity index (χ4n) is 8.60. The van der Waals surface area contributed by atoms with Crippen LogP contribution in [0.2, 0.25) is 0 Å². The van der Waals surface area contributed by atoms with Crippen molar-refractivity contribution in [3.05, 3.63) is 162 Å². The Morgan fingerprint density at radius 3 is 2.38 bits per heavy atom. The Hall–Kier alpha value is -4.96. The molecule has 3 aliphatic rings. The van der Waals surface area contributed by atoms with Crippen LogP contribution in [0.4, 0.5) is 0 Å². The molecular weight excluding hydrogens is 601 g/mol. The van der Waals surface area contributed by atoms with Crippen molar-refractivity contribution >= 4 is 53.3 Å². The molecule has 2 aliphatic carbocycles. The van der Waals surface area contributed by atoms with Crippen LogP contribution in [0.3, 0.4) is 0 Å². The van der Waals surface area contributed by atoms with Crippen LogP contribution in [0.5, 0.6) is 0 Å². The Kier molecular flexibility index (Phi) is 6.47. The molecular formula is C45H36N2S. The third kappa shape index (κ3) is 4.28. The number of hydrogen-bond acceptors (Lipinski definition) is 2. The van der Waals surface area contributed by atoms with Gasteiger partial charge in [0.1, 0.15) is 0 Å². The lowest BCUT2D eigenvalue weighted by atomic mass is 9.73. The van der Waals surface area contributed by atoms with Gasteiger partial charge in [0.05, 0.1) is 21.8 Å². The van der Waals surface area contributed by atoms with Crippen LogP contribution >= 0.6 is 11.3 Å². The molecule has 3 heteroatoms. The lowest BCUT2D eigenvalue weighted by Crippen LogP contribution is -2.59. The highest BCUT2D eigenvalue weighted by atomic mass is 32.1. The number of allylic oxidation sites excluding steroid dienone is 5. The van der Waals surface area contributed by atoms with Gasteiger partial charge in [-0.15, -0.1) is 11.3 Å². The number of likely N-dealkylation sites (tertiary alicyclic amines) is 1. The SMILES string of the molecule is CC1CC=CC=C1C1C2=CC=CCC2N1Cc1cccc(-n2c3ccc(-c4ccccc4)cc3c3ccc4c5ccccc5sc4c32)c1. The summed E-state index contributed by atoms with van der Waals surface area (Å²) in [7, 11) is 0. The van der Waals surface area contributed by atoms with Gasteiger partial charge in [0, 0.05) is 44.5 Å². The molecule has 3 unspecified atom stereocenters. The number of fused-ring (bicyclic) bond motifs is 8. The minimum atomic E-state index is 0.395. The van der Waals surface area contributed by atoms with Crippen molar-refractivity contribution in [3.8, 4) is 16.8 Å². The molecule has 232 valence electrons. The maximum atomic E-state index is 2.75. The molecule has 2 aromatic heterocycles. The van der Waals surface area contributed by atoms with E-state index >= 15 is 0 Å².